The van der Waals surface area contributed by atoms with Crippen LogP contribution < -0.4 is 5.32 Å². The fourth-order valence-electron chi connectivity index (χ4n) is 2.48. The minimum Gasteiger partial charge on any atom is -0.370 e. The van der Waals surface area contributed by atoms with Gasteiger partial charge in [-0.15, -0.1) is 0 Å². The molecule has 1 aromatic carbocycles. The molecule has 0 aliphatic heterocycles. The van der Waals surface area contributed by atoms with Crippen molar-refractivity contribution in [2.45, 2.75) is 34.6 Å². The van der Waals surface area contributed by atoms with Gasteiger partial charge in [0.05, 0.1) is 0 Å². The predicted octanol–water partition coefficient (Wildman–Crippen LogP) is 3.81. The third kappa shape index (κ3) is 2.92. The van der Waals surface area contributed by atoms with E-state index < -0.39 is 0 Å². The first-order valence-electron chi connectivity index (χ1n) is 6.69. The average Bonchev–Trinajstić information content (AvgIpc) is 2.26. The Labute approximate surface area is 115 Å². The molecule has 1 heterocycles. The molecule has 3 nitrogen and oxygen atoms in total. The number of benzene rings is 1. The molecular formula is C16H21N3. The monoisotopic (exact) mass is 255 g/mol. The summed E-state index contributed by atoms with van der Waals surface area (Å²) in [6.07, 6.45) is 0. The molecule has 0 fully saturated rings. The normalized spacial score (nSPS) is 10.6. The molecule has 3 heteroatoms. The van der Waals surface area contributed by atoms with Crippen LogP contribution in [0.2, 0.25) is 0 Å². The molecule has 0 bridgehead atoms. The van der Waals surface area contributed by atoms with Crippen molar-refractivity contribution in [2.24, 2.45) is 0 Å². The van der Waals surface area contributed by atoms with Crippen LogP contribution in [0.15, 0.2) is 18.2 Å². The SMILES string of the molecule is CCNc1cc(C)nc(-c2c(C)cc(C)cc2C)n1. The van der Waals surface area contributed by atoms with Crippen molar-refractivity contribution in [1.82, 2.24) is 9.97 Å². The topological polar surface area (TPSA) is 37.8 Å². The Kier molecular flexibility index (Phi) is 3.84. The van der Waals surface area contributed by atoms with Gasteiger partial charge in [0.2, 0.25) is 0 Å². The number of anilines is 1. The van der Waals surface area contributed by atoms with E-state index in [-0.39, 0.29) is 0 Å². The van der Waals surface area contributed by atoms with E-state index in [0.29, 0.717) is 0 Å². The smallest absolute Gasteiger partial charge is 0.162 e. The molecule has 0 atom stereocenters. The van der Waals surface area contributed by atoms with Gasteiger partial charge in [0.25, 0.3) is 0 Å². The first kappa shape index (κ1) is 13.5. The molecule has 0 radical (unpaired) electrons. The zero-order valence-electron chi connectivity index (χ0n) is 12.3. The Morgan fingerprint density at radius 1 is 0.947 bits per heavy atom. The Balaban J connectivity index is 2.58. The van der Waals surface area contributed by atoms with Crippen LogP contribution in [0.25, 0.3) is 11.4 Å². The van der Waals surface area contributed by atoms with Crippen LogP contribution in [-0.2, 0) is 0 Å². The van der Waals surface area contributed by atoms with Crippen LogP contribution in [0.3, 0.4) is 0 Å². The summed E-state index contributed by atoms with van der Waals surface area (Å²) in [6, 6.07) is 6.34. The van der Waals surface area contributed by atoms with Gasteiger partial charge in [0.15, 0.2) is 5.82 Å². The van der Waals surface area contributed by atoms with E-state index in [1.165, 1.54) is 16.7 Å². The summed E-state index contributed by atoms with van der Waals surface area (Å²) in [7, 11) is 0. The van der Waals surface area contributed by atoms with Gasteiger partial charge in [-0.25, -0.2) is 9.97 Å². The van der Waals surface area contributed by atoms with E-state index in [0.717, 1.165) is 29.4 Å². The number of aromatic nitrogens is 2. The number of hydrogen-bond acceptors (Lipinski definition) is 3. The number of aryl methyl sites for hydroxylation is 4. The number of hydrogen-bond donors (Lipinski definition) is 1. The fraction of sp³-hybridized carbons (Fsp3) is 0.375. The third-order valence-corrected chi connectivity index (χ3v) is 3.11. The molecule has 0 saturated heterocycles. The quantitative estimate of drug-likeness (QED) is 0.906. The maximum absolute atomic E-state index is 4.62. The maximum atomic E-state index is 4.62. The minimum absolute atomic E-state index is 0.811. The van der Waals surface area contributed by atoms with Gasteiger partial charge in [-0.05, 0) is 45.7 Å². The first-order valence-corrected chi connectivity index (χ1v) is 6.69. The molecule has 1 N–H and O–H groups in total. The number of nitrogens with zero attached hydrogens (tertiary/aromatic N) is 2. The number of nitrogens with one attached hydrogen (secondary N) is 1. The van der Waals surface area contributed by atoms with Gasteiger partial charge in [0.1, 0.15) is 5.82 Å². The van der Waals surface area contributed by atoms with E-state index in [1.54, 1.807) is 0 Å². The zero-order valence-corrected chi connectivity index (χ0v) is 12.3. The Hall–Kier alpha value is -1.90. The van der Waals surface area contributed by atoms with Crippen LogP contribution in [0, 0.1) is 27.7 Å². The summed E-state index contributed by atoms with van der Waals surface area (Å²) in [5.41, 5.74) is 5.86. The highest BCUT2D eigenvalue weighted by Gasteiger charge is 2.11. The summed E-state index contributed by atoms with van der Waals surface area (Å²) >= 11 is 0. The van der Waals surface area contributed by atoms with E-state index in [4.69, 9.17) is 0 Å². The minimum atomic E-state index is 0.811. The van der Waals surface area contributed by atoms with Gasteiger partial charge in [-0.3, -0.25) is 0 Å². The fourth-order valence-corrected chi connectivity index (χ4v) is 2.48. The van der Waals surface area contributed by atoms with Crippen molar-refractivity contribution in [1.29, 1.82) is 0 Å². The Morgan fingerprint density at radius 2 is 1.58 bits per heavy atom. The summed E-state index contributed by atoms with van der Waals surface area (Å²) in [4.78, 5) is 9.21. The highest BCUT2D eigenvalue weighted by atomic mass is 15.0. The molecule has 100 valence electrons. The first-order chi connectivity index (χ1) is 9.01. The van der Waals surface area contributed by atoms with Gasteiger partial charge in [-0.2, -0.15) is 0 Å². The van der Waals surface area contributed by atoms with Crippen molar-refractivity contribution in [3.05, 3.63) is 40.6 Å². The summed E-state index contributed by atoms with van der Waals surface area (Å²) in [5.74, 6) is 1.70. The standard InChI is InChI=1S/C16H21N3/c1-6-17-14-9-13(5)18-16(19-14)15-11(3)7-10(2)8-12(15)4/h7-9H,6H2,1-5H3,(H,17,18,19). The van der Waals surface area contributed by atoms with E-state index in [9.17, 15) is 0 Å². The van der Waals surface area contributed by atoms with Crippen molar-refractivity contribution in [3.8, 4) is 11.4 Å². The van der Waals surface area contributed by atoms with E-state index in [1.807, 2.05) is 13.0 Å². The number of rotatable bonds is 3. The lowest BCUT2D eigenvalue weighted by Gasteiger charge is -2.12. The van der Waals surface area contributed by atoms with Crippen LogP contribution in [0.4, 0.5) is 5.82 Å². The summed E-state index contributed by atoms with van der Waals surface area (Å²) in [5, 5.41) is 3.26. The molecule has 0 aliphatic rings. The third-order valence-electron chi connectivity index (χ3n) is 3.11. The second kappa shape index (κ2) is 5.39. The lowest BCUT2D eigenvalue weighted by atomic mass is 9.99. The van der Waals surface area contributed by atoms with Crippen molar-refractivity contribution in [2.75, 3.05) is 11.9 Å². The van der Waals surface area contributed by atoms with Gasteiger partial charge >= 0.3 is 0 Å². The van der Waals surface area contributed by atoms with Gasteiger partial charge < -0.3 is 5.32 Å². The Morgan fingerprint density at radius 3 is 2.16 bits per heavy atom. The molecule has 2 rings (SSSR count). The average molecular weight is 255 g/mol. The van der Waals surface area contributed by atoms with Crippen LogP contribution in [0.5, 0.6) is 0 Å². The molecule has 0 aliphatic carbocycles. The molecule has 19 heavy (non-hydrogen) atoms. The largest absolute Gasteiger partial charge is 0.370 e. The lowest BCUT2D eigenvalue weighted by molar-refractivity contribution is 1.07. The molecule has 1 aromatic heterocycles. The zero-order chi connectivity index (χ0) is 14.0. The summed E-state index contributed by atoms with van der Waals surface area (Å²) in [6.45, 7) is 11.3. The Bertz CT molecular complexity index is 580. The molecular weight excluding hydrogens is 234 g/mol. The lowest BCUT2D eigenvalue weighted by Crippen LogP contribution is -2.04. The van der Waals surface area contributed by atoms with Gasteiger partial charge in [-0.1, -0.05) is 17.7 Å². The van der Waals surface area contributed by atoms with Crippen LogP contribution in [-0.4, -0.2) is 16.5 Å². The van der Waals surface area contributed by atoms with Crippen molar-refractivity contribution >= 4 is 5.82 Å². The highest BCUT2D eigenvalue weighted by molar-refractivity contribution is 5.66. The van der Waals surface area contributed by atoms with Crippen molar-refractivity contribution < 1.29 is 0 Å². The molecule has 0 amide bonds. The van der Waals surface area contributed by atoms with E-state index in [2.05, 4.69) is 55.1 Å². The predicted molar refractivity (Wildman–Crippen MR) is 80.6 cm³/mol. The highest BCUT2D eigenvalue weighted by Crippen LogP contribution is 2.26. The van der Waals surface area contributed by atoms with Crippen LogP contribution >= 0.6 is 0 Å². The van der Waals surface area contributed by atoms with E-state index >= 15 is 0 Å². The van der Waals surface area contributed by atoms with Crippen molar-refractivity contribution in [3.63, 3.8) is 0 Å². The van der Waals surface area contributed by atoms with Crippen LogP contribution in [0.1, 0.15) is 29.3 Å². The molecule has 0 spiro atoms. The second-order valence-electron chi connectivity index (χ2n) is 5.02. The molecule has 0 saturated carbocycles. The maximum Gasteiger partial charge on any atom is 0.162 e. The second-order valence-corrected chi connectivity index (χ2v) is 5.02. The molecule has 2 aromatic rings. The summed E-state index contributed by atoms with van der Waals surface area (Å²) < 4.78 is 0. The van der Waals surface area contributed by atoms with Gasteiger partial charge in [0, 0.05) is 23.9 Å². The molecule has 0 unspecified atom stereocenters.